The Morgan fingerprint density at radius 3 is 2.00 bits per heavy atom. The molecule has 100 valence electrons. The minimum Gasteiger partial charge on any atom is -0.287 e. The Bertz CT molecular complexity index is 317. The van der Waals surface area contributed by atoms with Crippen molar-refractivity contribution in [3.63, 3.8) is 0 Å². The van der Waals surface area contributed by atoms with E-state index in [9.17, 15) is 4.57 Å². The van der Waals surface area contributed by atoms with Gasteiger partial charge in [0.1, 0.15) is 14.2 Å². The number of rotatable bonds is 6. The van der Waals surface area contributed by atoms with Crippen LogP contribution in [0.2, 0.25) is 19.6 Å². The molecule has 0 aromatic rings. The summed E-state index contributed by atoms with van der Waals surface area (Å²) in [7, 11) is -4.89. The minimum absolute atomic E-state index is 0.283. The lowest BCUT2D eigenvalue weighted by molar-refractivity contribution is 0.109. The Morgan fingerprint density at radius 2 is 1.65 bits per heavy atom. The first-order valence-electron chi connectivity index (χ1n) is 5.82. The first-order chi connectivity index (χ1) is 7.72. The molecule has 0 bridgehead atoms. The first kappa shape index (κ1) is 16.9. The maximum atomic E-state index is 12.0. The van der Waals surface area contributed by atoms with Gasteiger partial charge in [0.15, 0.2) is 0 Å². The lowest BCUT2D eigenvalue weighted by Crippen LogP contribution is -2.18. The smallest absolute Gasteiger partial charge is 0.287 e. The van der Waals surface area contributed by atoms with Crippen LogP contribution in [-0.4, -0.2) is 27.4 Å². The van der Waals surface area contributed by atoms with Gasteiger partial charge >= 0.3 is 7.82 Å². The van der Waals surface area contributed by atoms with Crippen LogP contribution in [0.1, 0.15) is 20.8 Å². The van der Waals surface area contributed by atoms with Crippen LogP contribution in [0.4, 0.5) is 0 Å². The van der Waals surface area contributed by atoms with Gasteiger partial charge in [0.05, 0.1) is 13.2 Å². The van der Waals surface area contributed by atoms with Crippen LogP contribution in [0.3, 0.4) is 0 Å². The maximum Gasteiger partial charge on any atom is 0.475 e. The van der Waals surface area contributed by atoms with E-state index < -0.39 is 22.0 Å². The topological polar surface area (TPSA) is 44.8 Å². The van der Waals surface area contributed by atoms with Crippen LogP contribution in [0.5, 0.6) is 0 Å². The third-order valence-corrected chi connectivity index (χ3v) is 4.13. The van der Waals surface area contributed by atoms with Gasteiger partial charge in [-0.2, -0.15) is 0 Å². The minimum atomic E-state index is -3.44. The van der Waals surface area contributed by atoms with Crippen LogP contribution in [0.15, 0.2) is 0 Å². The predicted molar refractivity (Wildman–Crippen MR) is 72.5 cm³/mol. The number of hydrogen-bond acceptors (Lipinski definition) is 4. The third kappa shape index (κ3) is 8.59. The van der Waals surface area contributed by atoms with Crippen molar-refractivity contribution in [1.82, 2.24) is 0 Å². The van der Waals surface area contributed by atoms with E-state index in [0.717, 1.165) is 0 Å². The largest absolute Gasteiger partial charge is 0.475 e. The van der Waals surface area contributed by atoms with E-state index in [1.165, 1.54) is 0 Å². The monoisotopic (exact) mass is 278 g/mol. The Hall–Kier alpha value is -0.113. The molecule has 0 amide bonds. The lowest BCUT2D eigenvalue weighted by atomic mass is 10.4. The maximum absolute atomic E-state index is 12.0. The van der Waals surface area contributed by atoms with E-state index >= 15 is 0 Å². The first-order valence-corrected chi connectivity index (χ1v) is 10.8. The summed E-state index contributed by atoms with van der Waals surface area (Å²) in [4.78, 5) is 0. The Labute approximate surface area is 106 Å². The van der Waals surface area contributed by atoms with Gasteiger partial charge in [0.2, 0.25) is 0 Å². The zero-order chi connectivity index (χ0) is 13.5. The molecule has 0 rings (SSSR count). The standard InChI is InChI=1S/C11H23O4PSi/c1-7-13-16(12,14-8-2)15-11(3)9-10-17(4,5)6/h11H,7-8H2,1-6H3/t11-/m0/s1. The quantitative estimate of drug-likeness (QED) is 0.424. The summed E-state index contributed by atoms with van der Waals surface area (Å²) in [6, 6.07) is 0. The Morgan fingerprint density at radius 1 is 1.18 bits per heavy atom. The second kappa shape index (κ2) is 7.35. The summed E-state index contributed by atoms with van der Waals surface area (Å²) < 4.78 is 27.4. The van der Waals surface area contributed by atoms with E-state index in [1.807, 2.05) is 0 Å². The molecule has 0 saturated carbocycles. The average Bonchev–Trinajstić information content (AvgIpc) is 2.14. The molecule has 0 aromatic heterocycles. The van der Waals surface area contributed by atoms with Gasteiger partial charge in [0, 0.05) is 0 Å². The highest BCUT2D eigenvalue weighted by molar-refractivity contribution is 7.48. The predicted octanol–water partition coefficient (Wildman–Crippen LogP) is 3.45. The van der Waals surface area contributed by atoms with E-state index in [4.69, 9.17) is 13.6 Å². The second-order valence-electron chi connectivity index (χ2n) is 4.55. The molecule has 0 aliphatic rings. The molecule has 0 heterocycles. The van der Waals surface area contributed by atoms with Gasteiger partial charge in [0.25, 0.3) is 0 Å². The molecule has 0 radical (unpaired) electrons. The SMILES string of the molecule is CCOP(=O)(OCC)O[C@@H](C)C#C[Si](C)(C)C. The summed E-state index contributed by atoms with van der Waals surface area (Å²) >= 11 is 0. The molecule has 17 heavy (non-hydrogen) atoms. The summed E-state index contributed by atoms with van der Waals surface area (Å²) in [5.74, 6) is 2.95. The van der Waals surface area contributed by atoms with Gasteiger partial charge in [-0.15, -0.1) is 5.54 Å². The summed E-state index contributed by atoms with van der Waals surface area (Å²) in [5.41, 5.74) is 3.16. The van der Waals surface area contributed by atoms with Gasteiger partial charge in [-0.1, -0.05) is 25.6 Å². The fourth-order valence-corrected chi connectivity index (χ4v) is 2.86. The lowest BCUT2D eigenvalue weighted by Gasteiger charge is -2.18. The highest BCUT2D eigenvalue weighted by atomic mass is 31.2. The highest BCUT2D eigenvalue weighted by Crippen LogP contribution is 2.50. The van der Waals surface area contributed by atoms with E-state index in [2.05, 4.69) is 31.1 Å². The van der Waals surface area contributed by atoms with Crippen LogP contribution in [0, 0.1) is 11.5 Å². The number of hydrogen-bond donors (Lipinski definition) is 0. The van der Waals surface area contributed by atoms with E-state index in [0.29, 0.717) is 0 Å². The van der Waals surface area contributed by atoms with Crippen molar-refractivity contribution in [3.05, 3.63) is 0 Å². The Balaban J connectivity index is 4.55. The third-order valence-electron chi connectivity index (χ3n) is 1.51. The van der Waals surface area contributed by atoms with Gasteiger partial charge < -0.3 is 0 Å². The molecule has 0 unspecified atom stereocenters. The normalized spacial score (nSPS) is 14.0. The van der Waals surface area contributed by atoms with Crippen LogP contribution < -0.4 is 0 Å². The molecular weight excluding hydrogens is 255 g/mol. The van der Waals surface area contributed by atoms with Crippen molar-refractivity contribution in [2.24, 2.45) is 0 Å². The molecule has 0 saturated heterocycles. The van der Waals surface area contributed by atoms with Crippen molar-refractivity contribution in [2.45, 2.75) is 46.5 Å². The zero-order valence-electron chi connectivity index (χ0n) is 11.6. The molecule has 0 aromatic carbocycles. The van der Waals surface area contributed by atoms with E-state index in [1.54, 1.807) is 20.8 Å². The molecule has 4 nitrogen and oxygen atoms in total. The molecule has 0 fully saturated rings. The second-order valence-corrected chi connectivity index (χ2v) is 10.9. The molecular formula is C11H23O4PSi. The molecule has 0 spiro atoms. The summed E-state index contributed by atoms with van der Waals surface area (Å²) in [5, 5.41) is 0. The average molecular weight is 278 g/mol. The van der Waals surface area contributed by atoms with Gasteiger partial charge in [-0.05, 0) is 20.8 Å². The summed E-state index contributed by atoms with van der Waals surface area (Å²) in [6.07, 6.45) is -0.453. The fraction of sp³-hybridized carbons (Fsp3) is 0.818. The van der Waals surface area contributed by atoms with Crippen molar-refractivity contribution < 1.29 is 18.1 Å². The number of phosphoric ester groups is 1. The molecule has 0 N–H and O–H groups in total. The van der Waals surface area contributed by atoms with E-state index in [-0.39, 0.29) is 13.2 Å². The fourth-order valence-electron chi connectivity index (χ4n) is 0.952. The summed E-state index contributed by atoms with van der Waals surface area (Å²) in [6.45, 7) is 12.2. The van der Waals surface area contributed by atoms with Crippen LogP contribution in [0.25, 0.3) is 0 Å². The van der Waals surface area contributed by atoms with Crippen molar-refractivity contribution in [2.75, 3.05) is 13.2 Å². The molecule has 6 heteroatoms. The van der Waals surface area contributed by atoms with Gasteiger partial charge in [-0.3, -0.25) is 13.6 Å². The van der Waals surface area contributed by atoms with Gasteiger partial charge in [-0.25, -0.2) is 4.57 Å². The van der Waals surface area contributed by atoms with Crippen molar-refractivity contribution in [3.8, 4) is 11.5 Å². The number of phosphoric acid groups is 1. The molecule has 0 aliphatic carbocycles. The van der Waals surface area contributed by atoms with Crippen LogP contribution in [-0.2, 0) is 18.1 Å². The Kier molecular flexibility index (Phi) is 7.30. The molecule has 0 aliphatic heterocycles. The highest BCUT2D eigenvalue weighted by Gasteiger charge is 2.27. The van der Waals surface area contributed by atoms with Crippen molar-refractivity contribution >= 4 is 15.9 Å². The molecule has 1 atom stereocenters. The van der Waals surface area contributed by atoms with Crippen molar-refractivity contribution in [1.29, 1.82) is 0 Å². The zero-order valence-corrected chi connectivity index (χ0v) is 13.5. The van der Waals surface area contributed by atoms with Crippen LogP contribution >= 0.6 is 7.82 Å².